The number of nitrogens with zero attached hydrogens (tertiary/aromatic N) is 1. The van der Waals surface area contributed by atoms with Gasteiger partial charge in [-0.2, -0.15) is 0 Å². The number of amides is 1. The lowest BCUT2D eigenvalue weighted by Gasteiger charge is -2.30. The van der Waals surface area contributed by atoms with Crippen LogP contribution in [-0.4, -0.2) is 63.8 Å². The molecule has 0 aromatic heterocycles. The van der Waals surface area contributed by atoms with E-state index in [1.807, 2.05) is 0 Å². The third kappa shape index (κ3) is 6.12. The van der Waals surface area contributed by atoms with Crippen LogP contribution in [0.25, 0.3) is 6.08 Å². The lowest BCUT2D eigenvalue weighted by Crippen LogP contribution is -2.42. The average molecular weight is 426 g/mol. The molecule has 9 heteroatoms. The highest BCUT2D eigenvalue weighted by Gasteiger charge is 2.28. The Balaban J connectivity index is 1.85. The maximum absolute atomic E-state index is 12.2. The first kappa shape index (κ1) is 22.5. The molecule has 1 aromatic carbocycles. The number of hydrogen-bond acceptors (Lipinski definition) is 7. The van der Waals surface area contributed by atoms with E-state index in [4.69, 9.17) is 30.5 Å². The third-order valence-corrected chi connectivity index (χ3v) is 4.87. The van der Waals surface area contributed by atoms with Crippen molar-refractivity contribution in [3.8, 4) is 11.5 Å². The van der Waals surface area contributed by atoms with Crippen molar-refractivity contribution in [1.29, 1.82) is 0 Å². The molecule has 1 amide bonds. The minimum absolute atomic E-state index is 0.192. The number of halogens is 1. The molecular weight excluding hydrogens is 402 g/mol. The number of piperidine rings is 1. The maximum atomic E-state index is 12.2. The van der Waals surface area contributed by atoms with E-state index in [0.717, 1.165) is 0 Å². The number of methoxy groups -OCH3 is 3. The molecule has 0 radical (unpaired) electrons. The van der Waals surface area contributed by atoms with Crippen LogP contribution in [0.15, 0.2) is 18.2 Å². The van der Waals surface area contributed by atoms with Gasteiger partial charge in [-0.25, -0.2) is 4.79 Å². The lowest BCUT2D eigenvalue weighted by molar-refractivity contribution is -0.151. The van der Waals surface area contributed by atoms with Gasteiger partial charge in [0.2, 0.25) is 0 Å². The van der Waals surface area contributed by atoms with Crippen LogP contribution >= 0.6 is 11.6 Å². The van der Waals surface area contributed by atoms with Crippen LogP contribution < -0.4 is 9.47 Å². The molecule has 1 aliphatic heterocycles. The number of carbonyl (C=O) groups is 3. The topological polar surface area (TPSA) is 91.4 Å². The molecular formula is C20H24ClNO7. The number of ether oxygens (including phenoxy) is 4. The first-order valence-electron chi connectivity index (χ1n) is 9.01. The van der Waals surface area contributed by atoms with E-state index in [9.17, 15) is 14.4 Å². The smallest absolute Gasteiger partial charge is 0.331 e. The fourth-order valence-corrected chi connectivity index (χ4v) is 3.30. The monoisotopic (exact) mass is 425 g/mol. The molecule has 2 rings (SSSR count). The van der Waals surface area contributed by atoms with Crippen molar-refractivity contribution in [2.45, 2.75) is 12.8 Å². The fraction of sp³-hybridized carbons (Fsp3) is 0.450. The molecule has 0 aliphatic carbocycles. The third-order valence-electron chi connectivity index (χ3n) is 4.59. The zero-order valence-corrected chi connectivity index (χ0v) is 17.4. The molecule has 0 unspecified atom stereocenters. The van der Waals surface area contributed by atoms with Crippen LogP contribution in [0.5, 0.6) is 11.5 Å². The van der Waals surface area contributed by atoms with Crippen molar-refractivity contribution in [3.63, 3.8) is 0 Å². The number of esters is 2. The van der Waals surface area contributed by atoms with Crippen molar-refractivity contribution >= 4 is 35.5 Å². The predicted molar refractivity (Wildman–Crippen MR) is 106 cm³/mol. The van der Waals surface area contributed by atoms with E-state index in [0.29, 0.717) is 48.0 Å². The molecule has 8 nitrogen and oxygen atoms in total. The van der Waals surface area contributed by atoms with Gasteiger partial charge < -0.3 is 23.8 Å². The molecule has 158 valence electrons. The minimum Gasteiger partial charge on any atom is -0.493 e. The zero-order chi connectivity index (χ0) is 21.4. The first-order valence-corrected chi connectivity index (χ1v) is 9.39. The normalized spacial score (nSPS) is 14.6. The van der Waals surface area contributed by atoms with Gasteiger partial charge in [-0.3, -0.25) is 9.59 Å². The van der Waals surface area contributed by atoms with Gasteiger partial charge in [0.15, 0.2) is 18.1 Å². The van der Waals surface area contributed by atoms with Gasteiger partial charge in [0, 0.05) is 19.2 Å². The Bertz CT molecular complexity index is 785. The van der Waals surface area contributed by atoms with Gasteiger partial charge in [-0.1, -0.05) is 11.6 Å². The molecule has 0 atom stereocenters. The Hall–Kier alpha value is -2.74. The number of rotatable bonds is 7. The standard InChI is InChI=1S/C20H24ClNO7/c1-26-16-11-13(10-15(21)19(16)27-2)4-5-18(24)29-12-17(23)22-8-6-14(7-9-22)20(25)28-3/h4-5,10-11,14H,6-9,12H2,1-3H3/b5-4+. The quantitative estimate of drug-likeness (QED) is 0.489. The summed E-state index contributed by atoms with van der Waals surface area (Å²) in [6.45, 7) is 0.491. The molecule has 0 spiro atoms. The van der Waals surface area contributed by atoms with E-state index in [2.05, 4.69) is 0 Å². The molecule has 29 heavy (non-hydrogen) atoms. The van der Waals surface area contributed by atoms with Crippen molar-refractivity contribution in [3.05, 3.63) is 28.8 Å². The summed E-state index contributed by atoms with van der Waals surface area (Å²) in [5.41, 5.74) is 0.612. The number of benzene rings is 1. The van der Waals surface area contributed by atoms with Crippen LogP contribution in [-0.2, 0) is 23.9 Å². The van der Waals surface area contributed by atoms with Crippen LogP contribution in [0.2, 0.25) is 5.02 Å². The maximum Gasteiger partial charge on any atom is 0.331 e. The molecule has 0 saturated carbocycles. The van der Waals surface area contributed by atoms with Gasteiger partial charge >= 0.3 is 11.9 Å². The summed E-state index contributed by atoms with van der Waals surface area (Å²) in [4.78, 5) is 37.2. The molecule has 0 N–H and O–H groups in total. The second kappa shape index (κ2) is 10.7. The molecule has 1 aromatic rings. The molecule has 1 aliphatic rings. The van der Waals surface area contributed by atoms with Crippen molar-refractivity contribution in [2.24, 2.45) is 5.92 Å². The van der Waals surface area contributed by atoms with Gasteiger partial charge in [0.25, 0.3) is 5.91 Å². The van der Waals surface area contributed by atoms with Crippen LogP contribution in [0.1, 0.15) is 18.4 Å². The number of likely N-dealkylation sites (tertiary alicyclic amines) is 1. The van der Waals surface area contributed by atoms with Crippen molar-refractivity contribution in [2.75, 3.05) is 41.0 Å². The Labute approximate surface area is 174 Å². The second-order valence-electron chi connectivity index (χ2n) is 6.36. The van der Waals surface area contributed by atoms with E-state index >= 15 is 0 Å². The summed E-state index contributed by atoms with van der Waals surface area (Å²) in [5.74, 6) is -0.585. The van der Waals surface area contributed by atoms with Gasteiger partial charge in [0.05, 0.1) is 32.3 Å². The predicted octanol–water partition coefficient (Wildman–Crippen LogP) is 2.33. The SMILES string of the molecule is COC(=O)C1CCN(C(=O)COC(=O)/C=C/c2cc(Cl)c(OC)c(OC)c2)CC1. The number of carbonyl (C=O) groups excluding carboxylic acids is 3. The Morgan fingerprint density at radius 1 is 1.14 bits per heavy atom. The zero-order valence-electron chi connectivity index (χ0n) is 16.6. The fourth-order valence-electron chi connectivity index (χ4n) is 3.00. The van der Waals surface area contributed by atoms with Gasteiger partial charge in [-0.15, -0.1) is 0 Å². The highest BCUT2D eigenvalue weighted by molar-refractivity contribution is 6.32. The van der Waals surface area contributed by atoms with E-state index in [1.165, 1.54) is 33.5 Å². The van der Waals surface area contributed by atoms with Crippen LogP contribution in [0.3, 0.4) is 0 Å². The van der Waals surface area contributed by atoms with Crippen LogP contribution in [0.4, 0.5) is 0 Å². The second-order valence-corrected chi connectivity index (χ2v) is 6.76. The molecule has 1 saturated heterocycles. The highest BCUT2D eigenvalue weighted by atomic mass is 35.5. The average Bonchev–Trinajstić information content (AvgIpc) is 2.74. The lowest BCUT2D eigenvalue weighted by atomic mass is 9.97. The van der Waals surface area contributed by atoms with Gasteiger partial charge in [-0.05, 0) is 36.6 Å². The Kier molecular flexibility index (Phi) is 8.33. The largest absolute Gasteiger partial charge is 0.493 e. The summed E-state index contributed by atoms with van der Waals surface area (Å²) in [7, 11) is 4.31. The molecule has 1 fully saturated rings. The van der Waals surface area contributed by atoms with Crippen LogP contribution in [0, 0.1) is 5.92 Å². The summed E-state index contributed by atoms with van der Waals surface area (Å²) in [5, 5.41) is 0.338. The van der Waals surface area contributed by atoms with Crippen molar-refractivity contribution in [1.82, 2.24) is 4.90 Å². The summed E-state index contributed by atoms with van der Waals surface area (Å²) in [6.07, 6.45) is 3.77. The summed E-state index contributed by atoms with van der Waals surface area (Å²) < 4.78 is 20.1. The van der Waals surface area contributed by atoms with Crippen molar-refractivity contribution < 1.29 is 33.3 Å². The summed E-state index contributed by atoms with van der Waals surface area (Å²) >= 11 is 6.12. The van der Waals surface area contributed by atoms with E-state index < -0.39 is 5.97 Å². The molecule has 0 bridgehead atoms. The number of hydrogen-bond donors (Lipinski definition) is 0. The first-order chi connectivity index (χ1) is 13.9. The molecule has 1 heterocycles. The highest BCUT2D eigenvalue weighted by Crippen LogP contribution is 2.36. The summed E-state index contributed by atoms with van der Waals surface area (Å²) in [6, 6.07) is 3.27. The Morgan fingerprint density at radius 3 is 2.41 bits per heavy atom. The Morgan fingerprint density at radius 2 is 1.83 bits per heavy atom. The van der Waals surface area contributed by atoms with Gasteiger partial charge in [0.1, 0.15) is 0 Å². The minimum atomic E-state index is -0.659. The van der Waals surface area contributed by atoms with E-state index in [-0.39, 0.29) is 24.4 Å². The van der Waals surface area contributed by atoms with E-state index in [1.54, 1.807) is 17.0 Å².